The summed E-state index contributed by atoms with van der Waals surface area (Å²) in [6.07, 6.45) is -4.66. The molecule has 0 fully saturated rings. The number of hydrogen-bond acceptors (Lipinski definition) is 2. The molecule has 0 atom stereocenters. The van der Waals surface area contributed by atoms with E-state index in [1.165, 1.54) is 6.07 Å². The number of phenols is 1. The Kier molecular flexibility index (Phi) is 3.59. The van der Waals surface area contributed by atoms with Crippen LogP contribution in [0.25, 0.3) is 11.1 Å². The summed E-state index contributed by atoms with van der Waals surface area (Å²) in [6, 6.07) is 5.38. The number of carbonyl (C=O) groups excluding carboxylic acids is 1. The van der Waals surface area contributed by atoms with Crippen molar-refractivity contribution < 1.29 is 27.5 Å². The number of hydrogen-bond donors (Lipinski definition) is 2. The van der Waals surface area contributed by atoms with E-state index in [-0.39, 0.29) is 22.4 Å². The maximum atomic E-state index is 13.8. The smallest absolute Gasteiger partial charge is 0.416 e. The molecule has 3 N–H and O–H groups in total. The van der Waals surface area contributed by atoms with E-state index >= 15 is 0 Å². The van der Waals surface area contributed by atoms with E-state index in [9.17, 15) is 27.5 Å². The fourth-order valence-corrected chi connectivity index (χ4v) is 1.83. The number of halogens is 4. The summed E-state index contributed by atoms with van der Waals surface area (Å²) in [7, 11) is 0. The zero-order valence-electron chi connectivity index (χ0n) is 10.4. The predicted octanol–water partition coefficient (Wildman–Crippen LogP) is 3.32. The number of primary amides is 1. The Labute approximate surface area is 116 Å². The lowest BCUT2D eigenvalue weighted by molar-refractivity contribution is -0.137. The van der Waals surface area contributed by atoms with Gasteiger partial charge in [-0.3, -0.25) is 4.79 Å². The molecule has 1 amide bonds. The summed E-state index contributed by atoms with van der Waals surface area (Å²) in [4.78, 5) is 11.1. The van der Waals surface area contributed by atoms with Crippen LogP contribution in [0.1, 0.15) is 15.9 Å². The van der Waals surface area contributed by atoms with Crippen LogP contribution >= 0.6 is 0 Å². The second-order valence-electron chi connectivity index (χ2n) is 4.33. The third-order valence-corrected chi connectivity index (χ3v) is 2.81. The van der Waals surface area contributed by atoms with E-state index < -0.39 is 23.5 Å². The van der Waals surface area contributed by atoms with Crippen LogP contribution in [0, 0.1) is 5.82 Å². The maximum Gasteiger partial charge on any atom is 0.416 e. The molecule has 0 aromatic heterocycles. The molecular weight excluding hydrogens is 290 g/mol. The molecule has 0 saturated heterocycles. The van der Waals surface area contributed by atoms with Gasteiger partial charge < -0.3 is 10.8 Å². The van der Waals surface area contributed by atoms with Crippen LogP contribution in [-0.2, 0) is 6.18 Å². The Morgan fingerprint density at radius 1 is 1.10 bits per heavy atom. The number of phenolic OH excluding ortho intramolecular Hbond substituents is 1. The van der Waals surface area contributed by atoms with Crippen molar-refractivity contribution in [3.05, 3.63) is 53.3 Å². The van der Waals surface area contributed by atoms with Gasteiger partial charge in [-0.2, -0.15) is 13.2 Å². The van der Waals surface area contributed by atoms with Gasteiger partial charge in [-0.05, 0) is 35.9 Å². The molecule has 110 valence electrons. The van der Waals surface area contributed by atoms with Crippen molar-refractivity contribution in [1.82, 2.24) is 0 Å². The van der Waals surface area contributed by atoms with Gasteiger partial charge in [-0.25, -0.2) is 4.39 Å². The fourth-order valence-electron chi connectivity index (χ4n) is 1.83. The zero-order chi connectivity index (χ0) is 15.8. The SMILES string of the molecule is NC(=O)c1cc(O)cc(-c2ccc(C(F)(F)F)cc2F)c1. The van der Waals surface area contributed by atoms with Gasteiger partial charge in [0.1, 0.15) is 11.6 Å². The van der Waals surface area contributed by atoms with E-state index in [1.807, 2.05) is 0 Å². The van der Waals surface area contributed by atoms with Gasteiger partial charge in [0.25, 0.3) is 0 Å². The van der Waals surface area contributed by atoms with E-state index in [2.05, 4.69) is 0 Å². The monoisotopic (exact) mass is 299 g/mol. The Morgan fingerprint density at radius 2 is 1.76 bits per heavy atom. The predicted molar refractivity (Wildman–Crippen MR) is 67.0 cm³/mol. The van der Waals surface area contributed by atoms with Crippen molar-refractivity contribution in [2.75, 3.05) is 0 Å². The molecule has 3 nitrogen and oxygen atoms in total. The summed E-state index contributed by atoms with van der Waals surface area (Å²) < 4.78 is 51.2. The lowest BCUT2D eigenvalue weighted by Gasteiger charge is -2.10. The quantitative estimate of drug-likeness (QED) is 0.836. The molecule has 7 heteroatoms. The van der Waals surface area contributed by atoms with Crippen LogP contribution in [0.2, 0.25) is 0 Å². The van der Waals surface area contributed by atoms with Gasteiger partial charge in [0, 0.05) is 11.1 Å². The number of amides is 1. The molecule has 2 aromatic rings. The van der Waals surface area contributed by atoms with Gasteiger partial charge in [0.05, 0.1) is 5.56 Å². The maximum absolute atomic E-state index is 13.8. The van der Waals surface area contributed by atoms with Gasteiger partial charge >= 0.3 is 6.18 Å². The molecule has 0 bridgehead atoms. The first-order chi connectivity index (χ1) is 9.68. The van der Waals surface area contributed by atoms with E-state index in [4.69, 9.17) is 5.73 Å². The molecule has 2 aromatic carbocycles. The molecule has 0 aliphatic carbocycles. The van der Waals surface area contributed by atoms with Gasteiger partial charge in [-0.15, -0.1) is 0 Å². The molecule has 21 heavy (non-hydrogen) atoms. The molecule has 0 radical (unpaired) electrons. The first kappa shape index (κ1) is 14.8. The highest BCUT2D eigenvalue weighted by molar-refractivity contribution is 5.94. The standard InChI is InChI=1S/C14H9F4NO2/c15-12-6-9(14(16,17)18)1-2-11(12)7-3-8(13(19)21)5-10(20)4-7/h1-6,20H,(H2,19,21). The van der Waals surface area contributed by atoms with Crippen molar-refractivity contribution in [2.24, 2.45) is 5.73 Å². The minimum atomic E-state index is -4.66. The summed E-state index contributed by atoms with van der Waals surface area (Å²) in [5.41, 5.74) is 3.72. The van der Waals surface area contributed by atoms with Crippen LogP contribution < -0.4 is 5.73 Å². The van der Waals surface area contributed by atoms with Crippen LogP contribution in [0.4, 0.5) is 17.6 Å². The summed E-state index contributed by atoms with van der Waals surface area (Å²) in [5.74, 6) is -2.31. The number of nitrogens with two attached hydrogens (primary N) is 1. The minimum Gasteiger partial charge on any atom is -0.508 e. The van der Waals surface area contributed by atoms with Crippen molar-refractivity contribution in [1.29, 1.82) is 0 Å². The molecule has 0 unspecified atom stereocenters. The molecule has 0 spiro atoms. The lowest BCUT2D eigenvalue weighted by atomic mass is 10.00. The molecule has 0 aliphatic rings. The van der Waals surface area contributed by atoms with Crippen LogP contribution in [0.5, 0.6) is 5.75 Å². The highest BCUT2D eigenvalue weighted by atomic mass is 19.4. The minimum absolute atomic E-state index is 0.0509. The number of alkyl halides is 3. The Hall–Kier alpha value is -2.57. The third-order valence-electron chi connectivity index (χ3n) is 2.81. The first-order valence-corrected chi connectivity index (χ1v) is 5.69. The van der Waals surface area contributed by atoms with Crippen molar-refractivity contribution in [2.45, 2.75) is 6.18 Å². The number of carbonyl (C=O) groups is 1. The summed E-state index contributed by atoms with van der Waals surface area (Å²) in [6.45, 7) is 0. The van der Waals surface area contributed by atoms with Crippen LogP contribution in [-0.4, -0.2) is 11.0 Å². The number of aromatic hydroxyl groups is 1. The molecule has 0 saturated carbocycles. The number of rotatable bonds is 2. The number of benzene rings is 2. The molecular formula is C14H9F4NO2. The Balaban J connectivity index is 2.55. The largest absolute Gasteiger partial charge is 0.508 e. The van der Waals surface area contributed by atoms with Gasteiger partial charge in [0.2, 0.25) is 5.91 Å². The third kappa shape index (κ3) is 3.13. The second kappa shape index (κ2) is 5.08. The van der Waals surface area contributed by atoms with E-state index in [1.54, 1.807) is 0 Å². The van der Waals surface area contributed by atoms with E-state index in [0.717, 1.165) is 18.2 Å². The van der Waals surface area contributed by atoms with Gasteiger partial charge in [-0.1, -0.05) is 6.07 Å². The average Bonchev–Trinajstić information content (AvgIpc) is 2.36. The van der Waals surface area contributed by atoms with Crippen molar-refractivity contribution in [3.8, 4) is 16.9 Å². The lowest BCUT2D eigenvalue weighted by Crippen LogP contribution is -2.10. The molecule has 0 heterocycles. The Morgan fingerprint density at radius 3 is 2.29 bits per heavy atom. The normalized spacial score (nSPS) is 11.4. The topological polar surface area (TPSA) is 63.3 Å². The fraction of sp³-hybridized carbons (Fsp3) is 0.0714. The molecule has 2 rings (SSSR count). The highest BCUT2D eigenvalue weighted by Crippen LogP contribution is 2.33. The summed E-state index contributed by atoms with van der Waals surface area (Å²) in [5, 5.41) is 9.47. The highest BCUT2D eigenvalue weighted by Gasteiger charge is 2.31. The first-order valence-electron chi connectivity index (χ1n) is 5.69. The Bertz CT molecular complexity index is 711. The van der Waals surface area contributed by atoms with Gasteiger partial charge in [0.15, 0.2) is 0 Å². The van der Waals surface area contributed by atoms with Crippen molar-refractivity contribution in [3.63, 3.8) is 0 Å². The van der Waals surface area contributed by atoms with Crippen LogP contribution in [0.3, 0.4) is 0 Å². The van der Waals surface area contributed by atoms with Crippen molar-refractivity contribution >= 4 is 5.91 Å². The van der Waals surface area contributed by atoms with E-state index in [0.29, 0.717) is 12.1 Å². The summed E-state index contributed by atoms with van der Waals surface area (Å²) >= 11 is 0. The van der Waals surface area contributed by atoms with Crippen LogP contribution in [0.15, 0.2) is 36.4 Å². The molecule has 0 aliphatic heterocycles. The zero-order valence-corrected chi connectivity index (χ0v) is 10.4. The second-order valence-corrected chi connectivity index (χ2v) is 4.33. The average molecular weight is 299 g/mol.